The Kier molecular flexibility index (Phi) is 6.22. The standard InChI is InChI=1S/C48H30N4/c1-2-16-37(17-3-1)51-42-20-10-8-18-38(42)46-44(51)26-27-45-47(46)39-19-9-11-21-43(39)52(45)48-49-40(35-24-22-31-12-4-6-14-33(31)28-35)30-41(50-48)36-25-23-32-13-5-7-15-34(32)29-36/h1-30H. The summed E-state index contributed by atoms with van der Waals surface area (Å²) in [6.45, 7) is 0. The van der Waals surface area contributed by atoms with E-state index in [2.05, 4.69) is 191 Å². The van der Waals surface area contributed by atoms with E-state index in [9.17, 15) is 0 Å². The van der Waals surface area contributed by atoms with Gasteiger partial charge in [0, 0.05) is 38.4 Å². The maximum Gasteiger partial charge on any atom is 0.235 e. The van der Waals surface area contributed by atoms with Gasteiger partial charge in [-0.3, -0.25) is 4.57 Å². The monoisotopic (exact) mass is 662 g/mol. The van der Waals surface area contributed by atoms with Crippen LogP contribution in [0.25, 0.3) is 99.3 Å². The van der Waals surface area contributed by atoms with Crippen molar-refractivity contribution in [3.05, 3.63) is 182 Å². The average Bonchev–Trinajstić information content (AvgIpc) is 3.73. The molecule has 242 valence electrons. The van der Waals surface area contributed by atoms with Crippen LogP contribution in [0.3, 0.4) is 0 Å². The molecule has 11 aromatic rings. The molecule has 4 heteroatoms. The van der Waals surface area contributed by atoms with Crippen molar-refractivity contribution in [1.29, 1.82) is 0 Å². The van der Waals surface area contributed by atoms with Gasteiger partial charge in [0.05, 0.1) is 33.5 Å². The summed E-state index contributed by atoms with van der Waals surface area (Å²) >= 11 is 0. The van der Waals surface area contributed by atoms with E-state index in [0.29, 0.717) is 5.95 Å². The molecule has 0 radical (unpaired) electrons. The fraction of sp³-hybridized carbons (Fsp3) is 0. The lowest BCUT2D eigenvalue weighted by atomic mass is 10.0. The minimum absolute atomic E-state index is 0.645. The number of fused-ring (bicyclic) bond motifs is 9. The second-order valence-electron chi connectivity index (χ2n) is 13.5. The highest BCUT2D eigenvalue weighted by Gasteiger charge is 2.22. The van der Waals surface area contributed by atoms with E-state index in [-0.39, 0.29) is 0 Å². The van der Waals surface area contributed by atoms with Crippen LogP contribution in [0.4, 0.5) is 0 Å². The fourth-order valence-electron chi connectivity index (χ4n) is 8.12. The van der Waals surface area contributed by atoms with Gasteiger partial charge in [0.15, 0.2) is 0 Å². The number of rotatable bonds is 4. The third-order valence-corrected chi connectivity index (χ3v) is 10.5. The Morgan fingerprint density at radius 1 is 0.327 bits per heavy atom. The van der Waals surface area contributed by atoms with Gasteiger partial charge in [-0.25, -0.2) is 9.97 Å². The Balaban J connectivity index is 1.23. The molecule has 0 atom stereocenters. The summed E-state index contributed by atoms with van der Waals surface area (Å²) in [7, 11) is 0. The van der Waals surface area contributed by atoms with Crippen molar-refractivity contribution in [2.45, 2.75) is 0 Å². The second kappa shape index (κ2) is 11.2. The first kappa shape index (κ1) is 28.8. The summed E-state index contributed by atoms with van der Waals surface area (Å²) < 4.78 is 4.64. The molecule has 0 N–H and O–H groups in total. The fourth-order valence-corrected chi connectivity index (χ4v) is 8.12. The maximum absolute atomic E-state index is 5.38. The summed E-state index contributed by atoms with van der Waals surface area (Å²) in [6, 6.07) is 64.8. The van der Waals surface area contributed by atoms with Crippen molar-refractivity contribution < 1.29 is 0 Å². The van der Waals surface area contributed by atoms with Crippen LogP contribution in [0.1, 0.15) is 0 Å². The Labute approximate surface area is 299 Å². The number of aromatic nitrogens is 4. The smallest absolute Gasteiger partial charge is 0.235 e. The van der Waals surface area contributed by atoms with Gasteiger partial charge in [-0.1, -0.05) is 127 Å². The summed E-state index contributed by atoms with van der Waals surface area (Å²) in [4.78, 5) is 10.8. The molecular formula is C48H30N4. The lowest BCUT2D eigenvalue weighted by Gasteiger charge is -2.13. The maximum atomic E-state index is 5.38. The van der Waals surface area contributed by atoms with Crippen molar-refractivity contribution in [3.8, 4) is 34.2 Å². The summed E-state index contributed by atoms with van der Waals surface area (Å²) in [5.41, 5.74) is 9.51. The predicted octanol–water partition coefficient (Wildman–Crippen LogP) is 12.3. The van der Waals surface area contributed by atoms with Crippen molar-refractivity contribution in [2.24, 2.45) is 0 Å². The van der Waals surface area contributed by atoms with Crippen LogP contribution in [0, 0.1) is 0 Å². The summed E-state index contributed by atoms with van der Waals surface area (Å²) in [5.74, 6) is 0.645. The minimum Gasteiger partial charge on any atom is -0.309 e. The Morgan fingerprint density at radius 2 is 0.788 bits per heavy atom. The molecule has 0 fully saturated rings. The Hall–Kier alpha value is -7.04. The summed E-state index contributed by atoms with van der Waals surface area (Å²) in [6.07, 6.45) is 0. The van der Waals surface area contributed by atoms with Crippen LogP contribution >= 0.6 is 0 Å². The zero-order chi connectivity index (χ0) is 34.2. The first-order valence-corrected chi connectivity index (χ1v) is 17.7. The van der Waals surface area contributed by atoms with E-state index < -0.39 is 0 Å². The van der Waals surface area contributed by atoms with E-state index in [1.165, 1.54) is 54.1 Å². The number of hydrogen-bond donors (Lipinski definition) is 0. The molecule has 0 saturated carbocycles. The van der Waals surface area contributed by atoms with Crippen molar-refractivity contribution in [3.63, 3.8) is 0 Å². The van der Waals surface area contributed by atoms with Gasteiger partial charge in [-0.15, -0.1) is 0 Å². The van der Waals surface area contributed by atoms with Crippen LogP contribution in [0.5, 0.6) is 0 Å². The van der Waals surface area contributed by atoms with Crippen LogP contribution in [-0.4, -0.2) is 19.1 Å². The van der Waals surface area contributed by atoms with Gasteiger partial charge in [-0.05, 0) is 76.1 Å². The zero-order valence-electron chi connectivity index (χ0n) is 28.1. The molecule has 0 aliphatic heterocycles. The molecule has 0 amide bonds. The van der Waals surface area contributed by atoms with Gasteiger partial charge in [0.25, 0.3) is 0 Å². The van der Waals surface area contributed by atoms with Gasteiger partial charge in [0.1, 0.15) is 0 Å². The largest absolute Gasteiger partial charge is 0.309 e. The molecular weight excluding hydrogens is 633 g/mol. The van der Waals surface area contributed by atoms with Gasteiger partial charge in [-0.2, -0.15) is 0 Å². The van der Waals surface area contributed by atoms with Crippen LogP contribution in [0.2, 0.25) is 0 Å². The van der Waals surface area contributed by atoms with Gasteiger partial charge >= 0.3 is 0 Å². The third kappa shape index (κ3) is 4.34. The van der Waals surface area contributed by atoms with E-state index in [4.69, 9.17) is 9.97 Å². The van der Waals surface area contributed by atoms with E-state index in [1.807, 2.05) is 0 Å². The quantitative estimate of drug-likeness (QED) is 0.188. The lowest BCUT2D eigenvalue weighted by molar-refractivity contribution is 0.996. The normalized spacial score (nSPS) is 11.8. The van der Waals surface area contributed by atoms with Crippen LogP contribution in [-0.2, 0) is 0 Å². The number of hydrogen-bond acceptors (Lipinski definition) is 2. The highest BCUT2D eigenvalue weighted by Crippen LogP contribution is 2.42. The van der Waals surface area contributed by atoms with Gasteiger partial charge in [0.2, 0.25) is 5.95 Å². The molecule has 0 aliphatic rings. The highest BCUT2D eigenvalue weighted by molar-refractivity contribution is 6.28. The van der Waals surface area contributed by atoms with Crippen LogP contribution < -0.4 is 0 Å². The summed E-state index contributed by atoms with van der Waals surface area (Å²) in [5, 5.41) is 9.59. The number of nitrogens with zero attached hydrogens (tertiary/aromatic N) is 4. The molecule has 4 nitrogen and oxygen atoms in total. The van der Waals surface area contributed by atoms with Crippen molar-refractivity contribution in [1.82, 2.24) is 19.1 Å². The molecule has 0 bridgehead atoms. The number of benzene rings is 8. The van der Waals surface area contributed by atoms with Crippen molar-refractivity contribution in [2.75, 3.05) is 0 Å². The Bertz CT molecular complexity index is 3090. The third-order valence-electron chi connectivity index (χ3n) is 10.5. The van der Waals surface area contributed by atoms with E-state index in [0.717, 1.165) is 39.2 Å². The molecule has 52 heavy (non-hydrogen) atoms. The Morgan fingerprint density at radius 3 is 1.37 bits per heavy atom. The van der Waals surface area contributed by atoms with Crippen molar-refractivity contribution >= 4 is 65.2 Å². The van der Waals surface area contributed by atoms with E-state index >= 15 is 0 Å². The second-order valence-corrected chi connectivity index (χ2v) is 13.5. The SMILES string of the molecule is c1ccc(-n2c3ccccc3c3c4c5ccccc5n(-c5nc(-c6ccc7ccccc7c6)cc(-c6ccc7ccccc7c6)n5)c4ccc32)cc1. The van der Waals surface area contributed by atoms with E-state index in [1.54, 1.807) is 0 Å². The molecule has 0 spiro atoms. The zero-order valence-corrected chi connectivity index (χ0v) is 28.1. The van der Waals surface area contributed by atoms with Crippen LogP contribution in [0.15, 0.2) is 182 Å². The molecule has 11 rings (SSSR count). The predicted molar refractivity (Wildman–Crippen MR) is 217 cm³/mol. The molecule has 8 aromatic carbocycles. The molecule has 0 unspecified atom stereocenters. The van der Waals surface area contributed by atoms with Gasteiger partial charge < -0.3 is 4.57 Å². The highest BCUT2D eigenvalue weighted by atomic mass is 15.2. The minimum atomic E-state index is 0.645. The lowest BCUT2D eigenvalue weighted by Crippen LogP contribution is -2.04. The average molecular weight is 663 g/mol. The number of para-hydroxylation sites is 3. The first-order chi connectivity index (χ1) is 25.8. The molecule has 3 heterocycles. The molecule has 0 aliphatic carbocycles. The first-order valence-electron chi connectivity index (χ1n) is 17.7. The molecule has 0 saturated heterocycles. The molecule has 3 aromatic heterocycles. The topological polar surface area (TPSA) is 35.6 Å².